The Morgan fingerprint density at radius 2 is 1.59 bits per heavy atom. The number of nitrogens with zero attached hydrogens (tertiary/aromatic N) is 1. The zero-order valence-electron chi connectivity index (χ0n) is 21.3. The number of ether oxygens (including phenoxy) is 1. The molecular formula is C32H29BrN2O4. The summed E-state index contributed by atoms with van der Waals surface area (Å²) in [6.07, 6.45) is 2.32. The summed E-state index contributed by atoms with van der Waals surface area (Å²) in [6.45, 7) is 1.77. The van der Waals surface area contributed by atoms with Crippen LogP contribution in [0.1, 0.15) is 28.8 Å². The molecule has 5 rings (SSSR count). The maximum atomic E-state index is 13.3. The van der Waals surface area contributed by atoms with Crippen molar-refractivity contribution in [3.8, 4) is 22.6 Å². The monoisotopic (exact) mass is 584 g/mol. The van der Waals surface area contributed by atoms with Crippen molar-refractivity contribution in [1.82, 2.24) is 5.32 Å². The van der Waals surface area contributed by atoms with Gasteiger partial charge in [-0.2, -0.15) is 0 Å². The third-order valence-electron chi connectivity index (χ3n) is 6.82. The fourth-order valence-electron chi connectivity index (χ4n) is 4.83. The minimum absolute atomic E-state index is 0.163. The Bertz CT molecular complexity index is 1450. The first kappa shape index (κ1) is 26.5. The van der Waals surface area contributed by atoms with E-state index in [4.69, 9.17) is 4.74 Å². The molecule has 2 N–H and O–H groups in total. The van der Waals surface area contributed by atoms with E-state index in [0.717, 1.165) is 64.3 Å². The molecule has 0 aromatic heterocycles. The molecule has 4 aromatic rings. The van der Waals surface area contributed by atoms with E-state index in [-0.39, 0.29) is 6.42 Å². The highest BCUT2D eigenvalue weighted by Gasteiger charge is 2.25. The minimum Gasteiger partial charge on any atom is -0.480 e. The summed E-state index contributed by atoms with van der Waals surface area (Å²) in [6, 6.07) is 29.6. The quantitative estimate of drug-likeness (QED) is 0.223. The summed E-state index contributed by atoms with van der Waals surface area (Å²) in [7, 11) is 0. The fraction of sp³-hybridized carbons (Fsp3) is 0.188. The molecule has 1 aliphatic heterocycles. The topological polar surface area (TPSA) is 78.9 Å². The van der Waals surface area contributed by atoms with Crippen LogP contribution in [0.5, 0.6) is 11.5 Å². The molecular weight excluding hydrogens is 556 g/mol. The van der Waals surface area contributed by atoms with Crippen LogP contribution >= 0.6 is 15.9 Å². The van der Waals surface area contributed by atoms with Crippen molar-refractivity contribution in [1.29, 1.82) is 0 Å². The zero-order valence-corrected chi connectivity index (χ0v) is 22.9. The summed E-state index contributed by atoms with van der Waals surface area (Å²) in [5, 5.41) is 12.7. The van der Waals surface area contributed by atoms with Crippen LogP contribution in [-0.4, -0.2) is 36.1 Å². The molecule has 6 nitrogen and oxygen atoms in total. The van der Waals surface area contributed by atoms with Crippen molar-refractivity contribution in [3.05, 3.63) is 113 Å². The molecule has 7 heteroatoms. The molecule has 1 heterocycles. The SMILES string of the molecule is O=C(N[C@@H](Cc1ccc(-c2ccccc2Oc2ccccc2)cc1)C(=O)O)c1cc(Br)ccc1N1CCCC1. The minimum atomic E-state index is -1.08. The van der Waals surface area contributed by atoms with Gasteiger partial charge in [0.25, 0.3) is 5.91 Å². The summed E-state index contributed by atoms with van der Waals surface area (Å²) in [5.74, 6) is 0.0101. The number of anilines is 1. The van der Waals surface area contributed by atoms with E-state index in [1.54, 1.807) is 6.07 Å². The standard InChI is InChI=1S/C32H29BrN2O4/c33-24-16-17-29(35-18-6-7-19-35)27(21-24)31(36)34-28(32(37)38)20-22-12-14-23(15-13-22)26-10-4-5-11-30(26)39-25-8-2-1-3-9-25/h1-5,8-17,21,28H,6-7,18-20H2,(H,34,36)(H,37,38)/t28-/m0/s1. The number of benzene rings is 4. The van der Waals surface area contributed by atoms with Gasteiger partial charge in [-0.25, -0.2) is 4.79 Å². The third kappa shape index (κ3) is 6.49. The average molecular weight is 585 g/mol. The predicted molar refractivity (Wildman–Crippen MR) is 157 cm³/mol. The van der Waals surface area contributed by atoms with Crippen molar-refractivity contribution < 1.29 is 19.4 Å². The van der Waals surface area contributed by atoms with Crippen molar-refractivity contribution in [3.63, 3.8) is 0 Å². The normalized spacial score (nSPS) is 13.6. The van der Waals surface area contributed by atoms with Crippen LogP contribution in [0.4, 0.5) is 5.69 Å². The number of carbonyl (C=O) groups is 2. The molecule has 0 saturated carbocycles. The Hall–Kier alpha value is -4.10. The summed E-state index contributed by atoms with van der Waals surface area (Å²) < 4.78 is 6.87. The van der Waals surface area contributed by atoms with Gasteiger partial charge in [0.1, 0.15) is 17.5 Å². The smallest absolute Gasteiger partial charge is 0.326 e. The van der Waals surface area contributed by atoms with Crippen LogP contribution in [0.2, 0.25) is 0 Å². The molecule has 1 aliphatic rings. The first-order valence-corrected chi connectivity index (χ1v) is 13.8. The second kappa shape index (κ2) is 12.2. The van der Waals surface area contributed by atoms with Gasteiger partial charge in [0.05, 0.1) is 5.56 Å². The molecule has 0 bridgehead atoms. The van der Waals surface area contributed by atoms with E-state index in [0.29, 0.717) is 5.56 Å². The van der Waals surface area contributed by atoms with Gasteiger partial charge in [0, 0.05) is 35.2 Å². The highest BCUT2D eigenvalue weighted by Crippen LogP contribution is 2.33. The second-order valence-corrected chi connectivity index (χ2v) is 10.4. The fourth-order valence-corrected chi connectivity index (χ4v) is 5.19. The number of nitrogens with one attached hydrogen (secondary N) is 1. The lowest BCUT2D eigenvalue weighted by molar-refractivity contribution is -0.139. The number of amides is 1. The van der Waals surface area contributed by atoms with E-state index >= 15 is 0 Å². The number of rotatable bonds is 9. The summed E-state index contributed by atoms with van der Waals surface area (Å²) in [5.41, 5.74) is 3.99. The first-order valence-electron chi connectivity index (χ1n) is 13.0. The van der Waals surface area contributed by atoms with Crippen LogP contribution < -0.4 is 15.0 Å². The number of aliphatic carboxylic acids is 1. The molecule has 0 unspecified atom stereocenters. The second-order valence-electron chi connectivity index (χ2n) is 9.53. The van der Waals surface area contributed by atoms with Crippen LogP contribution in [-0.2, 0) is 11.2 Å². The summed E-state index contributed by atoms with van der Waals surface area (Å²) >= 11 is 3.45. The Balaban J connectivity index is 1.31. The van der Waals surface area contributed by atoms with Crippen molar-refractivity contribution in [2.24, 2.45) is 0 Å². The molecule has 1 atom stereocenters. The van der Waals surface area contributed by atoms with Crippen LogP contribution in [0.3, 0.4) is 0 Å². The highest BCUT2D eigenvalue weighted by atomic mass is 79.9. The Morgan fingerprint density at radius 3 is 2.31 bits per heavy atom. The van der Waals surface area contributed by atoms with Gasteiger partial charge >= 0.3 is 5.97 Å². The van der Waals surface area contributed by atoms with Gasteiger partial charge in [0.15, 0.2) is 0 Å². The van der Waals surface area contributed by atoms with Crippen LogP contribution in [0, 0.1) is 0 Å². The van der Waals surface area contributed by atoms with Gasteiger partial charge in [-0.15, -0.1) is 0 Å². The van der Waals surface area contributed by atoms with Gasteiger partial charge in [-0.05, 0) is 60.4 Å². The Morgan fingerprint density at radius 1 is 0.897 bits per heavy atom. The van der Waals surface area contributed by atoms with Gasteiger partial charge in [0.2, 0.25) is 0 Å². The number of hydrogen-bond donors (Lipinski definition) is 2. The van der Waals surface area contributed by atoms with Gasteiger partial charge in [-0.3, -0.25) is 4.79 Å². The van der Waals surface area contributed by atoms with E-state index < -0.39 is 17.9 Å². The predicted octanol–water partition coefficient (Wildman–Crippen LogP) is 6.93. The first-order chi connectivity index (χ1) is 19.0. The summed E-state index contributed by atoms with van der Waals surface area (Å²) in [4.78, 5) is 27.6. The average Bonchev–Trinajstić information content (AvgIpc) is 3.49. The molecule has 0 spiro atoms. The number of para-hydroxylation sites is 2. The lowest BCUT2D eigenvalue weighted by Crippen LogP contribution is -2.42. The maximum absolute atomic E-state index is 13.3. The van der Waals surface area contributed by atoms with Gasteiger partial charge in [-0.1, -0.05) is 76.6 Å². The highest BCUT2D eigenvalue weighted by molar-refractivity contribution is 9.10. The Kier molecular flexibility index (Phi) is 8.27. The molecule has 4 aromatic carbocycles. The molecule has 0 aliphatic carbocycles. The third-order valence-corrected chi connectivity index (χ3v) is 7.31. The molecule has 198 valence electrons. The number of carboxylic acid groups (broad SMARTS) is 1. The Labute approximate surface area is 236 Å². The van der Waals surface area contributed by atoms with E-state index in [1.165, 1.54) is 0 Å². The molecule has 1 amide bonds. The van der Waals surface area contributed by atoms with E-state index in [2.05, 4.69) is 26.1 Å². The number of hydrogen-bond acceptors (Lipinski definition) is 4. The van der Waals surface area contributed by atoms with Crippen molar-refractivity contribution in [2.75, 3.05) is 18.0 Å². The lowest BCUT2D eigenvalue weighted by Gasteiger charge is -2.22. The molecule has 0 radical (unpaired) electrons. The number of carboxylic acids is 1. The zero-order chi connectivity index (χ0) is 27.2. The number of halogens is 1. The van der Waals surface area contributed by atoms with Crippen molar-refractivity contribution in [2.45, 2.75) is 25.3 Å². The van der Waals surface area contributed by atoms with Gasteiger partial charge < -0.3 is 20.1 Å². The maximum Gasteiger partial charge on any atom is 0.326 e. The van der Waals surface area contributed by atoms with E-state index in [1.807, 2.05) is 91.0 Å². The number of carbonyl (C=O) groups excluding carboxylic acids is 1. The largest absolute Gasteiger partial charge is 0.480 e. The molecule has 1 saturated heterocycles. The van der Waals surface area contributed by atoms with Crippen LogP contribution in [0.15, 0.2) is 102 Å². The molecule has 1 fully saturated rings. The lowest BCUT2D eigenvalue weighted by atomic mass is 9.99. The molecule has 39 heavy (non-hydrogen) atoms. The van der Waals surface area contributed by atoms with Crippen molar-refractivity contribution >= 4 is 33.5 Å². The van der Waals surface area contributed by atoms with Crippen LogP contribution in [0.25, 0.3) is 11.1 Å². The van der Waals surface area contributed by atoms with E-state index in [9.17, 15) is 14.7 Å².